The highest BCUT2D eigenvalue weighted by Crippen LogP contribution is 2.27. The van der Waals surface area contributed by atoms with Crippen LogP contribution in [0.2, 0.25) is 0 Å². The lowest BCUT2D eigenvalue weighted by molar-refractivity contribution is 0.254. The number of benzene rings is 2. The molecule has 23 heavy (non-hydrogen) atoms. The summed E-state index contributed by atoms with van der Waals surface area (Å²) in [6.07, 6.45) is 3.62. The van der Waals surface area contributed by atoms with Crippen molar-refractivity contribution in [1.82, 2.24) is 0 Å². The molecule has 0 aliphatic carbocycles. The minimum absolute atomic E-state index is 0.0407. The van der Waals surface area contributed by atoms with Crippen LogP contribution in [0, 0.1) is 0 Å². The standard InChI is InChI=1S/C18H20O5/c1-23-18-8-13(6-15(10-20)16(18)11-21)3-2-12-4-5-14(9-19)17(22)7-12/h2-8,19-22H,9-11H2,1H3. The predicted octanol–water partition coefficient (Wildman–Crippen LogP) is 2.05. The van der Waals surface area contributed by atoms with Crippen LogP contribution in [0.4, 0.5) is 0 Å². The Morgan fingerprint density at radius 1 is 0.870 bits per heavy atom. The molecule has 0 fully saturated rings. The fourth-order valence-corrected chi connectivity index (χ4v) is 2.34. The number of hydrogen-bond acceptors (Lipinski definition) is 5. The van der Waals surface area contributed by atoms with Crippen LogP contribution >= 0.6 is 0 Å². The molecule has 2 aromatic carbocycles. The summed E-state index contributed by atoms with van der Waals surface area (Å²) in [5, 5.41) is 37.6. The highest BCUT2D eigenvalue weighted by Gasteiger charge is 2.09. The van der Waals surface area contributed by atoms with Gasteiger partial charge in [0.1, 0.15) is 11.5 Å². The average Bonchev–Trinajstić information content (AvgIpc) is 2.58. The summed E-state index contributed by atoms with van der Waals surface area (Å²) in [5.74, 6) is 0.552. The van der Waals surface area contributed by atoms with Crippen LogP contribution in [-0.2, 0) is 19.8 Å². The summed E-state index contributed by atoms with van der Waals surface area (Å²) < 4.78 is 5.25. The summed E-state index contributed by atoms with van der Waals surface area (Å²) in [6.45, 7) is -0.616. The molecule has 2 aromatic rings. The lowest BCUT2D eigenvalue weighted by Crippen LogP contribution is -1.99. The maximum Gasteiger partial charge on any atom is 0.125 e. The van der Waals surface area contributed by atoms with E-state index in [0.29, 0.717) is 22.4 Å². The molecule has 0 spiro atoms. The third kappa shape index (κ3) is 3.90. The van der Waals surface area contributed by atoms with Gasteiger partial charge >= 0.3 is 0 Å². The molecule has 0 atom stereocenters. The minimum atomic E-state index is -0.213. The van der Waals surface area contributed by atoms with Gasteiger partial charge in [0.05, 0.1) is 26.9 Å². The topological polar surface area (TPSA) is 90.2 Å². The predicted molar refractivity (Wildman–Crippen MR) is 87.8 cm³/mol. The number of aliphatic hydroxyl groups excluding tert-OH is 3. The van der Waals surface area contributed by atoms with Gasteiger partial charge in [-0.2, -0.15) is 0 Å². The molecule has 0 bridgehead atoms. The van der Waals surface area contributed by atoms with Crippen molar-refractivity contribution < 1.29 is 25.2 Å². The van der Waals surface area contributed by atoms with Crippen LogP contribution < -0.4 is 4.74 Å². The highest BCUT2D eigenvalue weighted by atomic mass is 16.5. The molecule has 0 saturated heterocycles. The molecule has 0 aromatic heterocycles. The van der Waals surface area contributed by atoms with Gasteiger partial charge in [0, 0.05) is 11.1 Å². The first-order valence-corrected chi connectivity index (χ1v) is 7.15. The summed E-state index contributed by atoms with van der Waals surface area (Å²) in [4.78, 5) is 0. The summed E-state index contributed by atoms with van der Waals surface area (Å²) >= 11 is 0. The van der Waals surface area contributed by atoms with Gasteiger partial charge in [0.25, 0.3) is 0 Å². The largest absolute Gasteiger partial charge is 0.508 e. The molecular weight excluding hydrogens is 296 g/mol. The van der Waals surface area contributed by atoms with Crippen LogP contribution in [0.5, 0.6) is 11.5 Å². The van der Waals surface area contributed by atoms with E-state index in [1.807, 2.05) is 6.08 Å². The smallest absolute Gasteiger partial charge is 0.125 e. The first-order valence-electron chi connectivity index (χ1n) is 7.15. The van der Waals surface area contributed by atoms with E-state index in [1.54, 1.807) is 36.4 Å². The number of aliphatic hydroxyl groups is 3. The Hall–Kier alpha value is -2.34. The van der Waals surface area contributed by atoms with E-state index < -0.39 is 0 Å². The monoisotopic (exact) mass is 316 g/mol. The van der Waals surface area contributed by atoms with Gasteiger partial charge in [0.15, 0.2) is 0 Å². The second-order valence-corrected chi connectivity index (χ2v) is 5.06. The number of ether oxygens (including phenoxy) is 1. The Labute approximate surface area is 134 Å². The van der Waals surface area contributed by atoms with Crippen LogP contribution in [0.3, 0.4) is 0 Å². The van der Waals surface area contributed by atoms with E-state index in [9.17, 15) is 15.3 Å². The average molecular weight is 316 g/mol. The van der Waals surface area contributed by atoms with Crippen LogP contribution in [0.1, 0.15) is 27.8 Å². The fraction of sp³-hybridized carbons (Fsp3) is 0.222. The number of rotatable bonds is 6. The first kappa shape index (κ1) is 17.0. The van der Waals surface area contributed by atoms with Crippen LogP contribution in [-0.4, -0.2) is 27.5 Å². The van der Waals surface area contributed by atoms with Gasteiger partial charge in [-0.05, 0) is 34.9 Å². The van der Waals surface area contributed by atoms with Crippen LogP contribution in [0.25, 0.3) is 12.2 Å². The van der Waals surface area contributed by atoms with Gasteiger partial charge in [-0.3, -0.25) is 0 Å². The normalized spacial score (nSPS) is 11.1. The first-order chi connectivity index (χ1) is 11.1. The zero-order chi connectivity index (χ0) is 16.8. The number of methoxy groups -OCH3 is 1. The van der Waals surface area contributed by atoms with E-state index in [4.69, 9.17) is 9.84 Å². The summed E-state index contributed by atoms with van der Waals surface area (Å²) in [5.41, 5.74) is 3.21. The minimum Gasteiger partial charge on any atom is -0.508 e. The zero-order valence-corrected chi connectivity index (χ0v) is 12.9. The molecule has 5 nitrogen and oxygen atoms in total. The van der Waals surface area contributed by atoms with Gasteiger partial charge in [-0.25, -0.2) is 0 Å². The van der Waals surface area contributed by atoms with Crippen molar-refractivity contribution in [1.29, 1.82) is 0 Å². The summed E-state index contributed by atoms with van der Waals surface area (Å²) in [6, 6.07) is 8.54. The van der Waals surface area contributed by atoms with E-state index in [2.05, 4.69) is 0 Å². The van der Waals surface area contributed by atoms with Gasteiger partial charge in [0.2, 0.25) is 0 Å². The molecule has 0 aliphatic heterocycles. The maximum absolute atomic E-state index is 9.75. The zero-order valence-electron chi connectivity index (χ0n) is 12.9. The highest BCUT2D eigenvalue weighted by molar-refractivity contribution is 5.72. The Morgan fingerprint density at radius 3 is 2.13 bits per heavy atom. The van der Waals surface area contributed by atoms with Crippen molar-refractivity contribution >= 4 is 12.2 Å². The van der Waals surface area contributed by atoms with Crippen molar-refractivity contribution in [2.24, 2.45) is 0 Å². The van der Waals surface area contributed by atoms with Crippen molar-refractivity contribution in [2.45, 2.75) is 19.8 Å². The van der Waals surface area contributed by atoms with Gasteiger partial charge in [-0.15, -0.1) is 0 Å². The van der Waals surface area contributed by atoms with E-state index in [0.717, 1.165) is 11.1 Å². The fourth-order valence-electron chi connectivity index (χ4n) is 2.34. The molecule has 0 unspecified atom stereocenters. The number of phenols is 1. The van der Waals surface area contributed by atoms with Crippen molar-refractivity contribution in [3.8, 4) is 11.5 Å². The van der Waals surface area contributed by atoms with E-state index in [-0.39, 0.29) is 25.6 Å². The molecule has 0 heterocycles. The molecule has 2 rings (SSSR count). The molecule has 5 heteroatoms. The molecule has 0 amide bonds. The lowest BCUT2D eigenvalue weighted by atomic mass is 10.0. The van der Waals surface area contributed by atoms with E-state index >= 15 is 0 Å². The molecule has 4 N–H and O–H groups in total. The Bertz CT molecular complexity index is 682. The summed E-state index contributed by atoms with van der Waals surface area (Å²) in [7, 11) is 1.51. The molecule has 122 valence electrons. The molecule has 0 saturated carbocycles. The quantitative estimate of drug-likeness (QED) is 0.612. The van der Waals surface area contributed by atoms with Crippen LogP contribution in [0.15, 0.2) is 30.3 Å². The van der Waals surface area contributed by atoms with Crippen molar-refractivity contribution in [3.63, 3.8) is 0 Å². The second-order valence-electron chi connectivity index (χ2n) is 5.06. The molecule has 0 aliphatic rings. The van der Waals surface area contributed by atoms with Crippen molar-refractivity contribution in [2.75, 3.05) is 7.11 Å². The lowest BCUT2D eigenvalue weighted by Gasteiger charge is -2.12. The van der Waals surface area contributed by atoms with Gasteiger partial charge in [-0.1, -0.05) is 24.3 Å². The maximum atomic E-state index is 9.75. The van der Waals surface area contributed by atoms with Crippen molar-refractivity contribution in [3.05, 3.63) is 58.1 Å². The molecule has 0 radical (unpaired) electrons. The number of hydrogen-bond donors (Lipinski definition) is 4. The SMILES string of the molecule is COc1cc(C=Cc2ccc(CO)c(O)c2)cc(CO)c1CO. The number of aromatic hydroxyl groups is 1. The third-order valence-corrected chi connectivity index (χ3v) is 3.62. The Balaban J connectivity index is 2.34. The Kier molecular flexibility index (Phi) is 5.76. The second kappa shape index (κ2) is 7.78. The van der Waals surface area contributed by atoms with Gasteiger partial charge < -0.3 is 25.2 Å². The third-order valence-electron chi connectivity index (χ3n) is 3.62. The Morgan fingerprint density at radius 2 is 1.57 bits per heavy atom. The molecular formula is C18H20O5. The van der Waals surface area contributed by atoms with E-state index in [1.165, 1.54) is 7.11 Å².